The van der Waals surface area contributed by atoms with Gasteiger partial charge < -0.3 is 29.2 Å². The van der Waals surface area contributed by atoms with Crippen molar-refractivity contribution in [2.75, 3.05) is 6.61 Å². The maximum Gasteiger partial charge on any atom is 0.408 e. The molecular weight excluding hydrogens is 502 g/mol. The van der Waals surface area contributed by atoms with Crippen LogP contribution in [0.25, 0.3) is 11.0 Å². The molecule has 10 heteroatoms. The second-order valence-electron chi connectivity index (χ2n) is 11.6. The Balaban J connectivity index is 1.74. The SMILES string of the molecule is Cc1cn(COCC[Si](C)(C)C)c2nccc(Oc3cccc(CC(NC(=O)OC(C)(C)C)C(=O)O)c3)c12. The molecule has 38 heavy (non-hydrogen) atoms. The van der Waals surface area contributed by atoms with Crippen LogP contribution >= 0.6 is 0 Å². The lowest BCUT2D eigenvalue weighted by molar-refractivity contribution is -0.139. The molecule has 2 N–H and O–H groups in total. The number of carbonyl (C=O) groups is 2. The summed E-state index contributed by atoms with van der Waals surface area (Å²) in [6, 6.07) is 8.91. The number of hydrogen-bond acceptors (Lipinski definition) is 6. The van der Waals surface area contributed by atoms with E-state index >= 15 is 0 Å². The lowest BCUT2D eigenvalue weighted by Gasteiger charge is -2.22. The average molecular weight is 542 g/mol. The summed E-state index contributed by atoms with van der Waals surface area (Å²) < 4.78 is 19.4. The number of nitrogens with one attached hydrogen (secondary N) is 1. The third kappa shape index (κ3) is 8.59. The molecule has 2 aromatic heterocycles. The molecule has 206 valence electrons. The molecular formula is C28H39N3O6Si. The van der Waals surface area contributed by atoms with E-state index in [2.05, 4.69) is 29.9 Å². The number of amides is 1. The molecule has 0 radical (unpaired) electrons. The topological polar surface area (TPSA) is 112 Å². The largest absolute Gasteiger partial charge is 0.480 e. The summed E-state index contributed by atoms with van der Waals surface area (Å²) in [4.78, 5) is 28.5. The second-order valence-corrected chi connectivity index (χ2v) is 17.2. The van der Waals surface area contributed by atoms with Gasteiger partial charge in [0.05, 0.1) is 5.39 Å². The predicted molar refractivity (Wildman–Crippen MR) is 150 cm³/mol. The number of carbonyl (C=O) groups excluding carboxylic acids is 1. The number of benzene rings is 1. The third-order valence-electron chi connectivity index (χ3n) is 5.69. The number of aromatic nitrogens is 2. The molecule has 0 aliphatic rings. The van der Waals surface area contributed by atoms with Crippen LogP contribution in [0.4, 0.5) is 4.79 Å². The molecule has 3 rings (SSSR count). The van der Waals surface area contributed by atoms with Crippen molar-refractivity contribution in [3.05, 3.63) is 53.9 Å². The van der Waals surface area contributed by atoms with Gasteiger partial charge >= 0.3 is 12.1 Å². The van der Waals surface area contributed by atoms with Crippen molar-refractivity contribution >= 4 is 31.2 Å². The first-order valence-electron chi connectivity index (χ1n) is 12.7. The fourth-order valence-electron chi connectivity index (χ4n) is 3.85. The minimum Gasteiger partial charge on any atom is -0.480 e. The van der Waals surface area contributed by atoms with E-state index in [1.54, 1.807) is 51.2 Å². The summed E-state index contributed by atoms with van der Waals surface area (Å²) in [5.41, 5.74) is 1.76. The quantitative estimate of drug-likeness (QED) is 0.227. The zero-order valence-electron chi connectivity index (χ0n) is 23.3. The third-order valence-corrected chi connectivity index (χ3v) is 7.39. The van der Waals surface area contributed by atoms with E-state index in [1.807, 2.05) is 23.8 Å². The second kappa shape index (κ2) is 12.0. The first-order valence-corrected chi connectivity index (χ1v) is 16.4. The smallest absolute Gasteiger partial charge is 0.408 e. The van der Waals surface area contributed by atoms with Crippen molar-refractivity contribution in [1.82, 2.24) is 14.9 Å². The Morgan fingerprint density at radius 3 is 2.58 bits per heavy atom. The lowest BCUT2D eigenvalue weighted by Crippen LogP contribution is -2.44. The maximum atomic E-state index is 12.1. The first kappa shape index (κ1) is 29.2. The van der Waals surface area contributed by atoms with Crippen LogP contribution in [0.15, 0.2) is 42.7 Å². The van der Waals surface area contributed by atoms with Crippen molar-refractivity contribution in [2.45, 2.75) is 78.2 Å². The number of hydrogen-bond donors (Lipinski definition) is 2. The van der Waals surface area contributed by atoms with Crippen molar-refractivity contribution in [1.29, 1.82) is 0 Å². The number of carboxylic acids is 1. The molecule has 0 bridgehead atoms. The number of pyridine rings is 1. The van der Waals surface area contributed by atoms with Gasteiger partial charge in [-0.1, -0.05) is 31.8 Å². The molecule has 1 atom stereocenters. The molecule has 0 saturated carbocycles. The van der Waals surface area contributed by atoms with Crippen molar-refractivity contribution in [3.8, 4) is 11.5 Å². The zero-order valence-corrected chi connectivity index (χ0v) is 24.3. The van der Waals surface area contributed by atoms with E-state index < -0.39 is 31.8 Å². The van der Waals surface area contributed by atoms with Gasteiger partial charge in [-0.15, -0.1) is 0 Å². The summed E-state index contributed by atoms with van der Waals surface area (Å²) in [6.45, 7) is 15.3. The summed E-state index contributed by atoms with van der Waals surface area (Å²) in [5, 5.41) is 13.0. The van der Waals surface area contributed by atoms with Crippen LogP contribution in [0, 0.1) is 6.92 Å². The van der Waals surface area contributed by atoms with Crippen LogP contribution in [0.3, 0.4) is 0 Å². The molecule has 0 aliphatic heterocycles. The van der Waals surface area contributed by atoms with Gasteiger partial charge in [0.25, 0.3) is 0 Å². The molecule has 1 amide bonds. The summed E-state index contributed by atoms with van der Waals surface area (Å²) in [7, 11) is -1.16. The number of fused-ring (bicyclic) bond motifs is 1. The standard InChI is InChI=1S/C28H39N3O6Si/c1-19-17-31(18-35-13-14-38(5,6)7)25-24(19)23(11-12-29-25)36-21-10-8-9-20(15-21)16-22(26(32)33)30-27(34)37-28(2,3)4/h8-12,15,17,22H,13-14,16,18H2,1-7H3,(H,30,34)(H,32,33). The zero-order chi connectivity index (χ0) is 28.1. The van der Waals surface area contributed by atoms with Gasteiger partial charge in [0.15, 0.2) is 0 Å². The monoisotopic (exact) mass is 541 g/mol. The van der Waals surface area contributed by atoms with Crippen LogP contribution in [0.1, 0.15) is 31.9 Å². The number of ether oxygens (including phenoxy) is 3. The summed E-state index contributed by atoms with van der Waals surface area (Å²) in [6.07, 6.45) is 3.00. The van der Waals surface area contributed by atoms with E-state index in [1.165, 1.54) is 0 Å². The molecule has 0 saturated heterocycles. The highest BCUT2D eigenvalue weighted by Crippen LogP contribution is 2.32. The van der Waals surface area contributed by atoms with Crippen molar-refractivity contribution < 1.29 is 28.9 Å². The normalized spacial score (nSPS) is 12.8. The highest BCUT2D eigenvalue weighted by atomic mass is 28.3. The van der Waals surface area contributed by atoms with Crippen molar-refractivity contribution in [3.63, 3.8) is 0 Å². The summed E-state index contributed by atoms with van der Waals surface area (Å²) in [5.74, 6) is 0.0455. The van der Waals surface area contributed by atoms with E-state index in [-0.39, 0.29) is 6.42 Å². The Morgan fingerprint density at radius 1 is 1.18 bits per heavy atom. The van der Waals surface area contributed by atoms with Gasteiger partial charge in [0.1, 0.15) is 35.5 Å². The molecule has 1 aromatic carbocycles. The van der Waals surface area contributed by atoms with Gasteiger partial charge in [-0.2, -0.15) is 0 Å². The predicted octanol–water partition coefficient (Wildman–Crippen LogP) is 5.97. The average Bonchev–Trinajstić information content (AvgIpc) is 3.11. The van der Waals surface area contributed by atoms with Crippen LogP contribution in [-0.4, -0.2) is 53.0 Å². The van der Waals surface area contributed by atoms with Gasteiger partial charge in [0, 0.05) is 33.5 Å². The number of aryl methyl sites for hydroxylation is 1. The molecule has 9 nitrogen and oxygen atoms in total. The van der Waals surface area contributed by atoms with E-state index in [9.17, 15) is 14.7 Å². The first-order chi connectivity index (χ1) is 17.7. The van der Waals surface area contributed by atoms with Crippen LogP contribution < -0.4 is 10.1 Å². The van der Waals surface area contributed by atoms with Gasteiger partial charge in [-0.05, 0) is 63.1 Å². The minimum atomic E-state index is -1.16. The maximum absolute atomic E-state index is 12.1. The fraction of sp³-hybridized carbons (Fsp3) is 0.464. The Hall–Kier alpha value is -3.37. The Morgan fingerprint density at radius 2 is 1.92 bits per heavy atom. The van der Waals surface area contributed by atoms with E-state index in [0.29, 0.717) is 23.8 Å². The van der Waals surface area contributed by atoms with Gasteiger partial charge in [0.2, 0.25) is 0 Å². The Labute approximate surface area is 225 Å². The molecule has 3 aromatic rings. The molecule has 0 fully saturated rings. The molecule has 2 heterocycles. The Kier molecular flexibility index (Phi) is 9.21. The van der Waals surface area contributed by atoms with Gasteiger partial charge in [-0.3, -0.25) is 0 Å². The number of aliphatic carboxylic acids is 1. The minimum absolute atomic E-state index is 0.0711. The van der Waals surface area contributed by atoms with Crippen LogP contribution in [-0.2, 0) is 27.4 Å². The number of nitrogens with zero attached hydrogens (tertiary/aromatic N) is 2. The highest BCUT2D eigenvalue weighted by molar-refractivity contribution is 6.76. The van der Waals surface area contributed by atoms with E-state index in [0.717, 1.165) is 29.2 Å². The van der Waals surface area contributed by atoms with Gasteiger partial charge in [-0.25, -0.2) is 14.6 Å². The number of alkyl carbamates (subject to hydrolysis) is 1. The van der Waals surface area contributed by atoms with E-state index in [4.69, 9.17) is 14.2 Å². The number of rotatable bonds is 11. The Bertz CT molecular complexity index is 1280. The highest BCUT2D eigenvalue weighted by Gasteiger charge is 2.24. The molecule has 1 unspecified atom stereocenters. The lowest BCUT2D eigenvalue weighted by atomic mass is 10.1. The number of carboxylic acid groups (broad SMARTS) is 1. The molecule has 0 spiro atoms. The van der Waals surface area contributed by atoms with Crippen molar-refractivity contribution in [2.24, 2.45) is 0 Å². The summed E-state index contributed by atoms with van der Waals surface area (Å²) >= 11 is 0. The van der Waals surface area contributed by atoms with Crippen LogP contribution in [0.2, 0.25) is 25.7 Å². The molecule has 0 aliphatic carbocycles. The fourth-order valence-corrected chi connectivity index (χ4v) is 4.61. The van der Waals surface area contributed by atoms with Crippen LogP contribution in [0.5, 0.6) is 11.5 Å².